The smallest absolute Gasteiger partial charge is 0.468 e. The summed E-state index contributed by atoms with van der Waals surface area (Å²) in [5, 5.41) is 0. The van der Waals surface area contributed by atoms with Gasteiger partial charge < -0.3 is 22.8 Å². The van der Waals surface area contributed by atoms with Gasteiger partial charge in [-0.1, -0.05) is 0 Å². The second-order valence-electron chi connectivity index (χ2n) is 4.47. The monoisotopic (exact) mass is 336 g/mol. The zero-order chi connectivity index (χ0) is 17.0. The molecule has 0 radical (unpaired) electrons. The fraction of sp³-hybridized carbons (Fsp3) is 0.857. The van der Waals surface area contributed by atoms with E-state index in [1.54, 1.807) is 0 Å². The van der Waals surface area contributed by atoms with Crippen LogP contribution in [0.5, 0.6) is 0 Å². The average molecular weight is 336 g/mol. The van der Waals surface area contributed by atoms with Gasteiger partial charge in [0.15, 0.2) is 5.92 Å². The van der Waals surface area contributed by atoms with Crippen LogP contribution < -0.4 is 0 Å². The minimum atomic E-state index is -2.76. The lowest BCUT2D eigenvalue weighted by Gasteiger charge is -2.28. The molecule has 0 amide bonds. The molecule has 0 aromatic rings. The van der Waals surface area contributed by atoms with E-state index in [1.165, 1.54) is 14.2 Å². The lowest BCUT2D eigenvalue weighted by atomic mass is 10.0. The molecule has 0 bridgehead atoms. The highest BCUT2D eigenvalue weighted by atomic mass is 28.4. The van der Waals surface area contributed by atoms with Crippen molar-refractivity contribution < 1.29 is 32.3 Å². The van der Waals surface area contributed by atoms with E-state index in [4.69, 9.17) is 13.3 Å². The minimum Gasteiger partial charge on any atom is -0.468 e. The Hall–Kier alpha value is -0.963. The van der Waals surface area contributed by atoms with Crippen LogP contribution in [0.2, 0.25) is 6.04 Å². The predicted molar refractivity (Wildman–Crippen MR) is 82.2 cm³/mol. The quantitative estimate of drug-likeness (QED) is 0.305. The molecule has 0 aliphatic heterocycles. The van der Waals surface area contributed by atoms with E-state index >= 15 is 0 Å². The standard InChI is InChI=1S/C14H28O7Si/c1-6-19-22(20-7-2,21-8-3)11-9-10-12(13(15)17-4)14(16)18-5/h12H,6-11H2,1-5H3. The summed E-state index contributed by atoms with van der Waals surface area (Å²) >= 11 is 0. The van der Waals surface area contributed by atoms with Gasteiger partial charge in [-0.05, 0) is 33.6 Å². The topological polar surface area (TPSA) is 80.3 Å². The van der Waals surface area contributed by atoms with Crippen LogP contribution in [0.25, 0.3) is 0 Å². The number of ether oxygens (including phenoxy) is 2. The van der Waals surface area contributed by atoms with Crippen LogP contribution in [0.4, 0.5) is 0 Å². The first-order valence-corrected chi connectivity index (χ1v) is 9.50. The molecule has 0 fully saturated rings. The number of hydrogen-bond donors (Lipinski definition) is 0. The molecular formula is C14H28O7Si. The first-order valence-electron chi connectivity index (χ1n) is 7.57. The Morgan fingerprint density at radius 2 is 1.27 bits per heavy atom. The van der Waals surface area contributed by atoms with Gasteiger partial charge in [-0.25, -0.2) is 0 Å². The van der Waals surface area contributed by atoms with Crippen LogP contribution >= 0.6 is 0 Å². The Labute approximate surface area is 133 Å². The van der Waals surface area contributed by atoms with Crippen LogP contribution in [0.1, 0.15) is 33.6 Å². The van der Waals surface area contributed by atoms with Crippen molar-refractivity contribution in [3.8, 4) is 0 Å². The van der Waals surface area contributed by atoms with Crippen molar-refractivity contribution in [2.75, 3.05) is 34.0 Å². The number of rotatable bonds is 12. The average Bonchev–Trinajstić information content (AvgIpc) is 2.51. The SMILES string of the molecule is CCO[Si](CCCC(C(=O)OC)C(=O)OC)(OCC)OCC. The second-order valence-corrected chi connectivity index (χ2v) is 7.21. The summed E-state index contributed by atoms with van der Waals surface area (Å²) in [5.41, 5.74) is 0. The molecule has 0 heterocycles. The molecule has 0 aliphatic rings. The molecule has 0 aromatic carbocycles. The summed E-state index contributed by atoms with van der Waals surface area (Å²) in [5.74, 6) is -2.11. The van der Waals surface area contributed by atoms with E-state index in [-0.39, 0.29) is 0 Å². The number of hydrogen-bond acceptors (Lipinski definition) is 7. The van der Waals surface area contributed by atoms with Gasteiger partial charge in [0.25, 0.3) is 0 Å². The summed E-state index contributed by atoms with van der Waals surface area (Å²) in [6.45, 7) is 7.11. The second kappa shape index (κ2) is 11.6. The normalized spacial score (nSPS) is 11.5. The van der Waals surface area contributed by atoms with Crippen molar-refractivity contribution in [2.24, 2.45) is 5.92 Å². The molecule has 0 saturated carbocycles. The van der Waals surface area contributed by atoms with E-state index in [2.05, 4.69) is 9.47 Å². The van der Waals surface area contributed by atoms with Crippen molar-refractivity contribution in [1.29, 1.82) is 0 Å². The van der Waals surface area contributed by atoms with Gasteiger partial charge in [-0.15, -0.1) is 0 Å². The lowest BCUT2D eigenvalue weighted by molar-refractivity contribution is -0.159. The third kappa shape index (κ3) is 6.86. The molecule has 0 unspecified atom stereocenters. The summed E-state index contributed by atoms with van der Waals surface area (Å²) in [6.07, 6.45) is 0.850. The summed E-state index contributed by atoms with van der Waals surface area (Å²) in [6, 6.07) is 0.535. The van der Waals surface area contributed by atoms with Crippen LogP contribution in [-0.2, 0) is 32.3 Å². The molecule has 0 rings (SSSR count). The van der Waals surface area contributed by atoms with Crippen LogP contribution in [0, 0.1) is 5.92 Å². The van der Waals surface area contributed by atoms with Crippen molar-refractivity contribution in [3.63, 3.8) is 0 Å². The zero-order valence-corrected chi connectivity index (χ0v) is 15.2. The molecule has 0 N–H and O–H groups in total. The van der Waals surface area contributed by atoms with Gasteiger partial charge in [0, 0.05) is 25.9 Å². The molecule has 0 spiro atoms. The third-order valence-electron chi connectivity index (χ3n) is 3.04. The molecule has 0 atom stereocenters. The Morgan fingerprint density at radius 3 is 1.59 bits per heavy atom. The van der Waals surface area contributed by atoms with E-state index in [9.17, 15) is 9.59 Å². The van der Waals surface area contributed by atoms with Gasteiger partial charge in [0.2, 0.25) is 0 Å². The van der Waals surface area contributed by atoms with Crippen LogP contribution in [0.15, 0.2) is 0 Å². The van der Waals surface area contributed by atoms with Crippen LogP contribution in [0.3, 0.4) is 0 Å². The van der Waals surface area contributed by atoms with E-state index in [1.807, 2.05) is 20.8 Å². The number of methoxy groups -OCH3 is 2. The van der Waals surface area contributed by atoms with Gasteiger partial charge in [-0.2, -0.15) is 0 Å². The predicted octanol–water partition coefficient (Wildman–Crippen LogP) is 1.78. The highest BCUT2D eigenvalue weighted by Gasteiger charge is 2.40. The molecule has 8 heteroatoms. The maximum Gasteiger partial charge on any atom is 0.500 e. The molecule has 0 aliphatic carbocycles. The van der Waals surface area contributed by atoms with E-state index in [0.29, 0.717) is 38.7 Å². The molecule has 22 heavy (non-hydrogen) atoms. The molecule has 0 saturated heterocycles. The lowest BCUT2D eigenvalue weighted by Crippen LogP contribution is -2.46. The maximum atomic E-state index is 11.6. The van der Waals surface area contributed by atoms with Crippen molar-refractivity contribution >= 4 is 20.7 Å². The number of carbonyl (C=O) groups excluding carboxylic acids is 2. The van der Waals surface area contributed by atoms with Crippen molar-refractivity contribution in [1.82, 2.24) is 0 Å². The third-order valence-corrected chi connectivity index (χ3v) is 6.19. The Kier molecular flexibility index (Phi) is 11.1. The van der Waals surface area contributed by atoms with E-state index in [0.717, 1.165) is 0 Å². The van der Waals surface area contributed by atoms with Gasteiger partial charge in [-0.3, -0.25) is 9.59 Å². The van der Waals surface area contributed by atoms with E-state index < -0.39 is 26.7 Å². The minimum absolute atomic E-state index is 0.307. The summed E-state index contributed by atoms with van der Waals surface area (Å²) < 4.78 is 26.5. The fourth-order valence-electron chi connectivity index (χ4n) is 2.14. The van der Waals surface area contributed by atoms with Gasteiger partial charge in [0.1, 0.15) is 0 Å². The summed E-state index contributed by atoms with van der Waals surface area (Å²) in [7, 11) is -0.261. The highest BCUT2D eigenvalue weighted by Crippen LogP contribution is 2.22. The number of esters is 2. The first-order chi connectivity index (χ1) is 10.5. The Morgan fingerprint density at radius 1 is 0.864 bits per heavy atom. The van der Waals surface area contributed by atoms with Crippen LogP contribution in [-0.4, -0.2) is 54.8 Å². The maximum absolute atomic E-state index is 11.6. The highest BCUT2D eigenvalue weighted by molar-refractivity contribution is 6.60. The van der Waals surface area contributed by atoms with Crippen molar-refractivity contribution in [3.05, 3.63) is 0 Å². The Bertz CT molecular complexity index is 302. The van der Waals surface area contributed by atoms with Gasteiger partial charge >= 0.3 is 20.7 Å². The molecule has 130 valence electrons. The molecule has 0 aromatic heterocycles. The first kappa shape index (κ1) is 21.0. The fourth-order valence-corrected chi connectivity index (χ4v) is 4.78. The van der Waals surface area contributed by atoms with Crippen molar-refractivity contribution in [2.45, 2.75) is 39.7 Å². The number of carbonyl (C=O) groups is 2. The van der Waals surface area contributed by atoms with Gasteiger partial charge in [0.05, 0.1) is 14.2 Å². The largest absolute Gasteiger partial charge is 0.500 e. The zero-order valence-electron chi connectivity index (χ0n) is 14.2. The summed E-state index contributed by atoms with van der Waals surface area (Å²) in [4.78, 5) is 23.3. The molecular weight excluding hydrogens is 308 g/mol. The molecule has 7 nitrogen and oxygen atoms in total. The Balaban J connectivity index is 4.74.